The van der Waals surface area contributed by atoms with Crippen LogP contribution in [0.15, 0.2) is 17.5 Å². The molecule has 1 aromatic heterocycles. The lowest BCUT2D eigenvalue weighted by Gasteiger charge is -1.95. The fraction of sp³-hybridized carbons (Fsp3) is 0. The van der Waals surface area contributed by atoms with E-state index in [2.05, 4.69) is 0 Å². The van der Waals surface area contributed by atoms with E-state index >= 15 is 0 Å². The Balaban J connectivity index is 2.95. The third kappa shape index (κ3) is 1.32. The molecule has 0 fully saturated rings. The second-order valence-corrected chi connectivity index (χ2v) is 4.57. The van der Waals surface area contributed by atoms with E-state index in [0.29, 0.717) is 14.5 Å². The number of hydrogen-bond acceptors (Lipinski definition) is 2. The number of rotatable bonds is 0. The molecule has 2 aromatic rings. The van der Waals surface area contributed by atoms with Gasteiger partial charge in [-0.1, -0.05) is 0 Å². The van der Waals surface area contributed by atoms with E-state index < -0.39 is 0 Å². The molecule has 4 heteroatoms. The zero-order valence-corrected chi connectivity index (χ0v) is 9.32. The van der Waals surface area contributed by atoms with Crippen molar-refractivity contribution in [3.05, 3.63) is 32.5 Å². The maximum Gasteiger partial charge on any atom is 0.146 e. The quantitative estimate of drug-likeness (QED) is 0.683. The molecule has 0 aliphatic heterocycles. The summed E-state index contributed by atoms with van der Waals surface area (Å²) in [5.41, 5.74) is 0.427. The fourth-order valence-corrected chi connectivity index (χ4v) is 2.47. The Morgan fingerprint density at radius 2 is 2.23 bits per heavy atom. The normalized spacial score (nSPS) is 10.2. The van der Waals surface area contributed by atoms with Crippen molar-refractivity contribution in [1.29, 1.82) is 5.26 Å². The summed E-state index contributed by atoms with van der Waals surface area (Å²) in [6.07, 6.45) is 0. The lowest BCUT2D eigenvalue weighted by atomic mass is 10.2. The summed E-state index contributed by atoms with van der Waals surface area (Å²) in [4.78, 5) is 0. The highest BCUT2D eigenvalue weighted by molar-refractivity contribution is 14.1. The molecule has 1 nitrogen and oxygen atoms in total. The summed E-state index contributed by atoms with van der Waals surface area (Å²) < 4.78 is 14.9. The highest BCUT2D eigenvalue weighted by Gasteiger charge is 2.10. The second kappa shape index (κ2) is 3.24. The van der Waals surface area contributed by atoms with Crippen LogP contribution in [0.4, 0.5) is 4.39 Å². The van der Waals surface area contributed by atoms with Crippen LogP contribution < -0.4 is 0 Å². The van der Waals surface area contributed by atoms with E-state index in [1.807, 2.05) is 34.7 Å². The third-order valence-electron chi connectivity index (χ3n) is 1.75. The van der Waals surface area contributed by atoms with Gasteiger partial charge in [0.25, 0.3) is 0 Å². The van der Waals surface area contributed by atoms with E-state index in [0.717, 1.165) is 4.70 Å². The first-order valence-corrected chi connectivity index (χ1v) is 5.45. The highest BCUT2D eigenvalue weighted by Crippen LogP contribution is 2.30. The van der Waals surface area contributed by atoms with E-state index in [9.17, 15) is 4.39 Å². The highest BCUT2D eigenvalue weighted by atomic mass is 127. The van der Waals surface area contributed by atoms with Gasteiger partial charge in [-0.2, -0.15) is 5.26 Å². The second-order valence-electron chi connectivity index (χ2n) is 2.50. The molecule has 13 heavy (non-hydrogen) atoms. The predicted octanol–water partition coefficient (Wildman–Crippen LogP) is 3.52. The van der Waals surface area contributed by atoms with Crippen molar-refractivity contribution in [2.75, 3.05) is 0 Å². The van der Waals surface area contributed by atoms with Crippen LogP contribution in [0.25, 0.3) is 10.1 Å². The lowest BCUT2D eigenvalue weighted by molar-refractivity contribution is 0.632. The topological polar surface area (TPSA) is 23.8 Å². The molecular formula is C9H3FINS. The van der Waals surface area contributed by atoms with Crippen LogP contribution in [0, 0.1) is 20.7 Å². The van der Waals surface area contributed by atoms with Gasteiger partial charge in [-0.25, -0.2) is 4.39 Å². The van der Waals surface area contributed by atoms with Crippen molar-refractivity contribution in [2.45, 2.75) is 0 Å². The van der Waals surface area contributed by atoms with Gasteiger partial charge < -0.3 is 0 Å². The molecule has 0 saturated carbocycles. The molecule has 0 aliphatic carbocycles. The van der Waals surface area contributed by atoms with Crippen LogP contribution in [0.3, 0.4) is 0 Å². The molecule has 0 aliphatic rings. The summed E-state index contributed by atoms with van der Waals surface area (Å²) >= 11 is 3.32. The first-order chi connectivity index (χ1) is 6.24. The Morgan fingerprint density at radius 1 is 1.46 bits per heavy atom. The monoisotopic (exact) mass is 303 g/mol. The predicted molar refractivity (Wildman–Crippen MR) is 59.2 cm³/mol. The van der Waals surface area contributed by atoms with E-state index in [1.165, 1.54) is 11.3 Å². The first kappa shape index (κ1) is 8.91. The summed E-state index contributed by atoms with van der Waals surface area (Å²) in [6, 6.07) is 5.54. The smallest absolute Gasteiger partial charge is 0.146 e. The van der Waals surface area contributed by atoms with Gasteiger partial charge in [0.2, 0.25) is 0 Å². The van der Waals surface area contributed by atoms with Crippen molar-refractivity contribution in [2.24, 2.45) is 0 Å². The SMILES string of the molecule is N#Cc1csc2ccc(I)c(F)c12. The molecule has 0 spiro atoms. The van der Waals surface area contributed by atoms with E-state index in [1.54, 1.807) is 11.4 Å². The van der Waals surface area contributed by atoms with E-state index in [-0.39, 0.29) is 5.82 Å². The first-order valence-electron chi connectivity index (χ1n) is 3.49. The summed E-state index contributed by atoms with van der Waals surface area (Å²) in [5, 5.41) is 10.9. The Hall–Kier alpha value is -0.670. The minimum atomic E-state index is -0.282. The molecule has 0 radical (unpaired) electrons. The van der Waals surface area contributed by atoms with Gasteiger partial charge in [0.05, 0.1) is 5.56 Å². The van der Waals surface area contributed by atoms with Crippen molar-refractivity contribution >= 4 is 44.0 Å². The zero-order valence-electron chi connectivity index (χ0n) is 6.34. The maximum absolute atomic E-state index is 13.5. The van der Waals surface area contributed by atoms with Gasteiger partial charge in [0, 0.05) is 19.0 Å². The summed E-state index contributed by atoms with van der Waals surface area (Å²) in [5.74, 6) is -0.282. The standard InChI is InChI=1S/C9H3FINS/c10-9-6(11)1-2-7-8(9)5(3-12)4-13-7/h1-2,4H. The largest absolute Gasteiger partial charge is 0.205 e. The van der Waals surface area contributed by atoms with Crippen LogP contribution in [-0.4, -0.2) is 0 Å². The number of fused-ring (bicyclic) bond motifs is 1. The van der Waals surface area contributed by atoms with Crippen molar-refractivity contribution < 1.29 is 4.39 Å². The van der Waals surface area contributed by atoms with Gasteiger partial charge >= 0.3 is 0 Å². The van der Waals surface area contributed by atoms with E-state index in [4.69, 9.17) is 5.26 Å². The molecule has 0 atom stereocenters. The van der Waals surface area contributed by atoms with Gasteiger partial charge in [0.15, 0.2) is 0 Å². The minimum Gasteiger partial charge on any atom is -0.205 e. The average molecular weight is 303 g/mol. The fourth-order valence-electron chi connectivity index (χ4n) is 1.15. The molecule has 2 rings (SSSR count). The van der Waals surface area contributed by atoms with Gasteiger partial charge in [0.1, 0.15) is 11.9 Å². The van der Waals surface area contributed by atoms with Crippen molar-refractivity contribution in [3.63, 3.8) is 0 Å². The number of benzene rings is 1. The summed E-state index contributed by atoms with van der Waals surface area (Å²) in [7, 11) is 0. The molecule has 1 aromatic carbocycles. The van der Waals surface area contributed by atoms with Crippen LogP contribution >= 0.6 is 33.9 Å². The number of nitriles is 1. The Kier molecular flexibility index (Phi) is 2.22. The van der Waals surface area contributed by atoms with Crippen LogP contribution in [0.5, 0.6) is 0 Å². The van der Waals surface area contributed by atoms with Crippen molar-refractivity contribution in [1.82, 2.24) is 0 Å². The van der Waals surface area contributed by atoms with Crippen LogP contribution in [-0.2, 0) is 0 Å². The van der Waals surface area contributed by atoms with Gasteiger partial charge in [-0.05, 0) is 34.7 Å². The van der Waals surface area contributed by atoms with Gasteiger partial charge in [-0.3, -0.25) is 0 Å². The molecule has 0 unspecified atom stereocenters. The number of halogens is 2. The lowest BCUT2D eigenvalue weighted by Crippen LogP contribution is -1.82. The number of nitrogens with zero attached hydrogens (tertiary/aromatic N) is 1. The number of thiophene rings is 1. The molecule has 1 heterocycles. The van der Waals surface area contributed by atoms with Crippen LogP contribution in [0.2, 0.25) is 0 Å². The molecule has 0 bridgehead atoms. The Morgan fingerprint density at radius 3 is 2.92 bits per heavy atom. The third-order valence-corrected chi connectivity index (χ3v) is 3.53. The Bertz CT molecular complexity index is 512. The Labute approximate surface area is 91.9 Å². The molecular weight excluding hydrogens is 300 g/mol. The zero-order chi connectivity index (χ0) is 9.42. The molecule has 0 N–H and O–H groups in total. The molecule has 64 valence electrons. The average Bonchev–Trinajstić information content (AvgIpc) is 2.55. The van der Waals surface area contributed by atoms with Gasteiger partial charge in [-0.15, -0.1) is 11.3 Å². The summed E-state index contributed by atoms with van der Waals surface area (Å²) in [6.45, 7) is 0. The minimum absolute atomic E-state index is 0.282. The molecule has 0 amide bonds. The maximum atomic E-state index is 13.5. The van der Waals surface area contributed by atoms with Crippen LogP contribution in [0.1, 0.15) is 5.56 Å². The van der Waals surface area contributed by atoms with Crippen molar-refractivity contribution in [3.8, 4) is 6.07 Å². The number of hydrogen-bond donors (Lipinski definition) is 0. The molecule has 0 saturated heterocycles.